The third-order valence-corrected chi connectivity index (χ3v) is 5.23. The molecule has 1 fully saturated rings. The second kappa shape index (κ2) is 7.81. The van der Waals surface area contributed by atoms with E-state index in [2.05, 4.69) is 76.6 Å². The van der Waals surface area contributed by atoms with Gasteiger partial charge in [0.05, 0.1) is 12.1 Å². The van der Waals surface area contributed by atoms with Gasteiger partial charge in [-0.1, -0.05) is 66.7 Å². The fraction of sp³-hybridized carbons (Fsp3) is 0.261. The molecular formula is C23H24N2O. The van der Waals surface area contributed by atoms with Crippen LogP contribution >= 0.6 is 0 Å². The summed E-state index contributed by atoms with van der Waals surface area (Å²) >= 11 is 0. The summed E-state index contributed by atoms with van der Waals surface area (Å²) in [7, 11) is 1.80. The number of hydrogen-bond donors (Lipinski definition) is 0. The fourth-order valence-corrected chi connectivity index (χ4v) is 3.98. The molecule has 3 aromatic rings. The zero-order chi connectivity index (χ0) is 17.8. The Bertz CT molecular complexity index is 762. The van der Waals surface area contributed by atoms with Crippen molar-refractivity contribution in [1.29, 1.82) is 0 Å². The van der Waals surface area contributed by atoms with Crippen LogP contribution in [-0.2, 0) is 4.74 Å². The Labute approximate surface area is 155 Å². The van der Waals surface area contributed by atoms with Gasteiger partial charge < -0.3 is 4.74 Å². The van der Waals surface area contributed by atoms with Gasteiger partial charge in [-0.15, -0.1) is 0 Å². The maximum atomic E-state index is 5.81. The minimum absolute atomic E-state index is 0.104. The molecule has 1 aliphatic heterocycles. The van der Waals surface area contributed by atoms with E-state index in [0.717, 1.165) is 18.7 Å². The van der Waals surface area contributed by atoms with Crippen LogP contribution in [0.15, 0.2) is 85.2 Å². The molecule has 3 heteroatoms. The Kier molecular flexibility index (Phi) is 5.09. The van der Waals surface area contributed by atoms with E-state index in [0.29, 0.717) is 12.0 Å². The normalized spacial score (nSPS) is 16.4. The zero-order valence-corrected chi connectivity index (χ0v) is 15.0. The van der Waals surface area contributed by atoms with Crippen LogP contribution in [0.1, 0.15) is 28.8 Å². The Morgan fingerprint density at radius 3 is 1.92 bits per heavy atom. The molecule has 1 saturated heterocycles. The number of likely N-dealkylation sites (tertiary alicyclic amines) is 1. The van der Waals surface area contributed by atoms with Gasteiger partial charge in [0.25, 0.3) is 0 Å². The summed E-state index contributed by atoms with van der Waals surface area (Å²) in [5, 5.41) is 0. The molecule has 4 rings (SSSR count). The first kappa shape index (κ1) is 17.0. The summed E-state index contributed by atoms with van der Waals surface area (Å²) < 4.78 is 5.81. The van der Waals surface area contributed by atoms with E-state index < -0.39 is 0 Å². The molecular weight excluding hydrogens is 320 g/mol. The predicted octanol–water partition coefficient (Wildman–Crippen LogP) is 4.49. The van der Waals surface area contributed by atoms with Crippen molar-refractivity contribution in [1.82, 2.24) is 9.88 Å². The molecule has 1 aliphatic rings. The molecule has 0 bridgehead atoms. The highest BCUT2D eigenvalue weighted by molar-refractivity contribution is 5.32. The highest BCUT2D eigenvalue weighted by Gasteiger charge is 2.39. The predicted molar refractivity (Wildman–Crippen MR) is 104 cm³/mol. The number of pyridine rings is 1. The summed E-state index contributed by atoms with van der Waals surface area (Å²) in [6.45, 7) is 2.03. The summed E-state index contributed by atoms with van der Waals surface area (Å²) in [6.07, 6.45) is 3.83. The molecule has 1 aromatic heterocycles. The molecule has 0 amide bonds. The Balaban J connectivity index is 1.54. The van der Waals surface area contributed by atoms with Gasteiger partial charge in [-0.3, -0.25) is 9.88 Å². The molecule has 1 unspecified atom stereocenters. The van der Waals surface area contributed by atoms with Crippen molar-refractivity contribution in [3.8, 4) is 0 Å². The lowest BCUT2D eigenvalue weighted by Crippen LogP contribution is -2.51. The third kappa shape index (κ3) is 3.41. The number of nitrogens with zero attached hydrogens (tertiary/aromatic N) is 2. The van der Waals surface area contributed by atoms with Crippen molar-refractivity contribution in [3.63, 3.8) is 0 Å². The highest BCUT2D eigenvalue weighted by atomic mass is 16.5. The monoisotopic (exact) mass is 344 g/mol. The van der Waals surface area contributed by atoms with E-state index in [-0.39, 0.29) is 6.10 Å². The smallest absolute Gasteiger partial charge is 0.0888 e. The van der Waals surface area contributed by atoms with Gasteiger partial charge in [0.1, 0.15) is 0 Å². The molecule has 2 heterocycles. The minimum Gasteiger partial charge on any atom is -0.376 e. The molecule has 0 spiro atoms. The number of ether oxygens (including phenoxy) is 1. The molecule has 132 valence electrons. The van der Waals surface area contributed by atoms with Gasteiger partial charge >= 0.3 is 0 Å². The first-order valence-corrected chi connectivity index (χ1v) is 9.13. The van der Waals surface area contributed by atoms with Crippen molar-refractivity contribution in [3.05, 3.63) is 102 Å². The Morgan fingerprint density at radius 2 is 1.42 bits per heavy atom. The molecule has 2 aromatic carbocycles. The van der Waals surface area contributed by atoms with Crippen LogP contribution in [0.25, 0.3) is 0 Å². The van der Waals surface area contributed by atoms with E-state index in [1.165, 1.54) is 11.1 Å². The number of methoxy groups -OCH3 is 1. The van der Waals surface area contributed by atoms with Crippen LogP contribution in [0.3, 0.4) is 0 Å². The van der Waals surface area contributed by atoms with Crippen LogP contribution < -0.4 is 0 Å². The second-order valence-corrected chi connectivity index (χ2v) is 6.88. The van der Waals surface area contributed by atoms with Crippen LogP contribution in [0.2, 0.25) is 0 Å². The van der Waals surface area contributed by atoms with Crippen LogP contribution in [0.4, 0.5) is 0 Å². The molecule has 0 radical (unpaired) electrons. The van der Waals surface area contributed by atoms with E-state index in [4.69, 9.17) is 4.74 Å². The molecule has 3 nitrogen and oxygen atoms in total. The summed E-state index contributed by atoms with van der Waals surface area (Å²) in [5.74, 6) is 0.485. The maximum absolute atomic E-state index is 5.81. The molecule has 0 N–H and O–H groups in total. The lowest BCUT2D eigenvalue weighted by molar-refractivity contribution is -0.0425. The van der Waals surface area contributed by atoms with Gasteiger partial charge in [0, 0.05) is 38.5 Å². The maximum Gasteiger partial charge on any atom is 0.0888 e. The SMILES string of the molecule is COC(c1cccnc1)C1CN(C(c2ccccc2)c2ccccc2)C1. The third-order valence-electron chi connectivity index (χ3n) is 5.23. The van der Waals surface area contributed by atoms with E-state index >= 15 is 0 Å². The van der Waals surface area contributed by atoms with Gasteiger partial charge in [-0.25, -0.2) is 0 Å². The van der Waals surface area contributed by atoms with Gasteiger partial charge in [0.2, 0.25) is 0 Å². The largest absolute Gasteiger partial charge is 0.376 e. The first-order valence-electron chi connectivity index (χ1n) is 9.13. The zero-order valence-electron chi connectivity index (χ0n) is 15.0. The number of benzene rings is 2. The van der Waals surface area contributed by atoms with Crippen molar-refractivity contribution >= 4 is 0 Å². The Hall–Kier alpha value is -2.49. The van der Waals surface area contributed by atoms with Crippen LogP contribution in [0, 0.1) is 5.92 Å². The average molecular weight is 344 g/mol. The van der Waals surface area contributed by atoms with Crippen molar-refractivity contribution in [2.45, 2.75) is 12.1 Å². The minimum atomic E-state index is 0.104. The lowest BCUT2D eigenvalue weighted by Gasteiger charge is -2.47. The number of hydrogen-bond acceptors (Lipinski definition) is 3. The van der Waals surface area contributed by atoms with E-state index in [1.807, 2.05) is 18.5 Å². The molecule has 0 saturated carbocycles. The lowest BCUT2D eigenvalue weighted by atomic mass is 9.85. The quantitative estimate of drug-likeness (QED) is 0.659. The van der Waals surface area contributed by atoms with Crippen LogP contribution in [-0.4, -0.2) is 30.1 Å². The van der Waals surface area contributed by atoms with Crippen molar-refractivity contribution in [2.24, 2.45) is 5.92 Å². The van der Waals surface area contributed by atoms with E-state index in [9.17, 15) is 0 Å². The van der Waals surface area contributed by atoms with Crippen molar-refractivity contribution < 1.29 is 4.74 Å². The summed E-state index contributed by atoms with van der Waals surface area (Å²) in [5.41, 5.74) is 3.84. The Morgan fingerprint density at radius 1 is 0.846 bits per heavy atom. The number of rotatable bonds is 6. The van der Waals surface area contributed by atoms with Gasteiger partial charge in [-0.05, 0) is 22.8 Å². The topological polar surface area (TPSA) is 25.4 Å². The number of aromatic nitrogens is 1. The standard InChI is InChI=1S/C23H24N2O/c1-26-23(20-13-8-14-24-15-20)21-16-25(17-21)22(18-9-4-2-5-10-18)19-11-6-3-7-12-19/h2-15,21-23H,16-17H2,1H3. The summed E-state index contributed by atoms with van der Waals surface area (Å²) in [6, 6.07) is 25.9. The molecule has 0 aliphatic carbocycles. The summed E-state index contributed by atoms with van der Waals surface area (Å²) in [4.78, 5) is 6.79. The first-order chi connectivity index (χ1) is 12.9. The van der Waals surface area contributed by atoms with Crippen molar-refractivity contribution in [2.75, 3.05) is 20.2 Å². The average Bonchev–Trinajstić information content (AvgIpc) is 2.69. The molecule has 26 heavy (non-hydrogen) atoms. The van der Waals surface area contributed by atoms with E-state index in [1.54, 1.807) is 7.11 Å². The highest BCUT2D eigenvalue weighted by Crippen LogP contribution is 2.39. The fourth-order valence-electron chi connectivity index (χ4n) is 3.98. The van der Waals surface area contributed by atoms with Gasteiger partial charge in [-0.2, -0.15) is 0 Å². The van der Waals surface area contributed by atoms with Crippen LogP contribution in [0.5, 0.6) is 0 Å². The van der Waals surface area contributed by atoms with Gasteiger partial charge in [0.15, 0.2) is 0 Å². The molecule has 1 atom stereocenters. The second-order valence-electron chi connectivity index (χ2n) is 6.88.